The molecule has 0 radical (unpaired) electrons. The fourth-order valence-electron chi connectivity index (χ4n) is 2.41. The van der Waals surface area contributed by atoms with Crippen LogP contribution < -0.4 is 5.32 Å². The summed E-state index contributed by atoms with van der Waals surface area (Å²) in [6.07, 6.45) is -7.97. The SMILES string of the molecule is COC(=O)[C@H](C[C@@H]1O[C@H](CO)[C@H](O)[C@H](O)[C@H]1O)NC(=O)OC(C)(C)C. The van der Waals surface area contributed by atoms with Gasteiger partial charge in [0.25, 0.3) is 0 Å². The average molecular weight is 365 g/mol. The van der Waals surface area contributed by atoms with Crippen molar-refractivity contribution in [2.45, 2.75) is 69.4 Å². The zero-order valence-electron chi connectivity index (χ0n) is 14.7. The highest BCUT2D eigenvalue weighted by Crippen LogP contribution is 2.24. The number of amides is 1. The molecule has 0 spiro atoms. The molecule has 0 bridgehead atoms. The van der Waals surface area contributed by atoms with Gasteiger partial charge in [-0.1, -0.05) is 0 Å². The molecule has 0 aromatic carbocycles. The Hall–Kier alpha value is -1.46. The first-order valence-corrected chi connectivity index (χ1v) is 7.88. The van der Waals surface area contributed by atoms with Crippen molar-refractivity contribution in [2.75, 3.05) is 13.7 Å². The topological polar surface area (TPSA) is 155 Å². The molecule has 1 rings (SSSR count). The molecule has 1 amide bonds. The molecule has 10 heteroatoms. The molecule has 1 aliphatic rings. The van der Waals surface area contributed by atoms with Crippen molar-refractivity contribution in [3.63, 3.8) is 0 Å². The van der Waals surface area contributed by atoms with Gasteiger partial charge in [0.15, 0.2) is 0 Å². The van der Waals surface area contributed by atoms with E-state index in [0.29, 0.717) is 0 Å². The number of hydrogen-bond donors (Lipinski definition) is 5. The van der Waals surface area contributed by atoms with Crippen LogP contribution in [0.15, 0.2) is 0 Å². The van der Waals surface area contributed by atoms with Crippen molar-refractivity contribution in [1.29, 1.82) is 0 Å². The van der Waals surface area contributed by atoms with Gasteiger partial charge in [-0.3, -0.25) is 0 Å². The largest absolute Gasteiger partial charge is 0.467 e. The summed E-state index contributed by atoms with van der Waals surface area (Å²) < 4.78 is 15.0. The Balaban J connectivity index is 2.83. The van der Waals surface area contributed by atoms with E-state index < -0.39 is 60.8 Å². The minimum Gasteiger partial charge on any atom is -0.467 e. The van der Waals surface area contributed by atoms with Gasteiger partial charge in [0.05, 0.1) is 19.8 Å². The predicted molar refractivity (Wildman–Crippen MR) is 83.6 cm³/mol. The van der Waals surface area contributed by atoms with Crippen LogP contribution in [0.2, 0.25) is 0 Å². The lowest BCUT2D eigenvalue weighted by atomic mass is 9.91. The number of aliphatic hydroxyl groups excluding tert-OH is 4. The predicted octanol–water partition coefficient (Wildman–Crippen LogP) is -1.71. The van der Waals surface area contributed by atoms with Gasteiger partial charge in [0, 0.05) is 6.42 Å². The third-order valence-electron chi connectivity index (χ3n) is 3.64. The van der Waals surface area contributed by atoms with Gasteiger partial charge in [0.1, 0.15) is 36.1 Å². The second kappa shape index (κ2) is 8.77. The van der Waals surface area contributed by atoms with Crippen molar-refractivity contribution in [3.05, 3.63) is 0 Å². The number of hydrogen-bond acceptors (Lipinski definition) is 9. The lowest BCUT2D eigenvalue weighted by molar-refractivity contribution is -0.231. The molecule has 10 nitrogen and oxygen atoms in total. The minimum atomic E-state index is -1.57. The summed E-state index contributed by atoms with van der Waals surface area (Å²) in [7, 11) is 1.12. The summed E-state index contributed by atoms with van der Waals surface area (Å²) in [6, 6.07) is -1.22. The van der Waals surface area contributed by atoms with E-state index >= 15 is 0 Å². The monoisotopic (exact) mass is 365 g/mol. The zero-order chi connectivity index (χ0) is 19.4. The summed E-state index contributed by atoms with van der Waals surface area (Å²) in [5.74, 6) is -0.803. The van der Waals surface area contributed by atoms with Crippen molar-refractivity contribution >= 4 is 12.1 Å². The standard InChI is InChI=1S/C15H27NO9/c1-15(2,3)25-14(22)16-7(13(21)23-4)5-8-10(18)12(20)11(19)9(6-17)24-8/h7-12,17-20H,5-6H2,1-4H3,(H,16,22)/t7-,8-,9+,10-,11-,12+/m0/s1. The molecule has 1 saturated heterocycles. The number of carbonyl (C=O) groups excluding carboxylic acids is 2. The summed E-state index contributed by atoms with van der Waals surface area (Å²) in [5.41, 5.74) is -0.784. The van der Waals surface area contributed by atoms with E-state index in [4.69, 9.17) is 9.47 Å². The number of carbonyl (C=O) groups is 2. The van der Waals surface area contributed by atoms with Gasteiger partial charge >= 0.3 is 12.1 Å². The second-order valence-electron chi connectivity index (χ2n) is 6.83. The molecule has 0 aromatic heterocycles. The van der Waals surface area contributed by atoms with Crippen LogP contribution in [-0.2, 0) is 19.0 Å². The molecule has 0 aliphatic carbocycles. The molecule has 5 N–H and O–H groups in total. The minimum absolute atomic E-state index is 0.257. The van der Waals surface area contributed by atoms with Crippen molar-refractivity contribution < 1.29 is 44.2 Å². The first kappa shape index (κ1) is 21.6. The molecule has 146 valence electrons. The molecule has 0 aromatic rings. The van der Waals surface area contributed by atoms with Gasteiger partial charge < -0.3 is 40.0 Å². The molecule has 0 saturated carbocycles. The Morgan fingerprint density at radius 2 is 1.68 bits per heavy atom. The van der Waals surface area contributed by atoms with Crippen LogP contribution in [0.5, 0.6) is 0 Å². The third-order valence-corrected chi connectivity index (χ3v) is 3.64. The van der Waals surface area contributed by atoms with Crippen molar-refractivity contribution in [3.8, 4) is 0 Å². The van der Waals surface area contributed by atoms with Crippen LogP contribution >= 0.6 is 0 Å². The molecule has 0 unspecified atom stereocenters. The van der Waals surface area contributed by atoms with E-state index in [1.54, 1.807) is 20.8 Å². The van der Waals surface area contributed by atoms with E-state index in [1.807, 2.05) is 0 Å². The van der Waals surface area contributed by atoms with Gasteiger partial charge in [-0.05, 0) is 20.8 Å². The lowest BCUT2D eigenvalue weighted by Gasteiger charge is -2.40. The van der Waals surface area contributed by atoms with Crippen molar-refractivity contribution in [1.82, 2.24) is 5.32 Å². The first-order chi connectivity index (χ1) is 11.5. The quantitative estimate of drug-likeness (QED) is 0.358. The summed E-state index contributed by atoms with van der Waals surface area (Å²) >= 11 is 0. The van der Waals surface area contributed by atoms with Crippen LogP contribution in [0, 0.1) is 0 Å². The summed E-state index contributed by atoms with van der Waals surface area (Å²) in [6.45, 7) is 4.36. The lowest BCUT2D eigenvalue weighted by Crippen LogP contribution is -2.60. The van der Waals surface area contributed by atoms with Gasteiger partial charge in [0.2, 0.25) is 0 Å². The van der Waals surface area contributed by atoms with Gasteiger partial charge in [-0.25, -0.2) is 9.59 Å². The highest BCUT2D eigenvalue weighted by atomic mass is 16.6. The van der Waals surface area contributed by atoms with Crippen LogP contribution in [-0.4, -0.2) is 88.4 Å². The highest BCUT2D eigenvalue weighted by Gasteiger charge is 2.45. The molecular weight excluding hydrogens is 338 g/mol. The Kier molecular flexibility index (Phi) is 7.57. The molecular formula is C15H27NO9. The number of aliphatic hydroxyl groups is 4. The molecule has 6 atom stereocenters. The fourth-order valence-corrected chi connectivity index (χ4v) is 2.41. The van der Waals surface area contributed by atoms with Crippen LogP contribution in [0.1, 0.15) is 27.2 Å². The first-order valence-electron chi connectivity index (χ1n) is 7.88. The number of rotatable bonds is 5. The maximum Gasteiger partial charge on any atom is 0.408 e. The average Bonchev–Trinajstić information content (AvgIpc) is 2.51. The summed E-state index contributed by atoms with van der Waals surface area (Å²) in [4.78, 5) is 23.8. The Morgan fingerprint density at radius 3 is 2.16 bits per heavy atom. The molecule has 25 heavy (non-hydrogen) atoms. The Morgan fingerprint density at radius 1 is 1.12 bits per heavy atom. The number of alkyl carbamates (subject to hydrolysis) is 1. The van der Waals surface area contributed by atoms with Crippen LogP contribution in [0.4, 0.5) is 4.79 Å². The number of ether oxygens (including phenoxy) is 3. The maximum absolute atomic E-state index is 11.9. The highest BCUT2D eigenvalue weighted by molar-refractivity contribution is 5.81. The molecule has 1 heterocycles. The van der Waals surface area contributed by atoms with E-state index in [-0.39, 0.29) is 6.42 Å². The van der Waals surface area contributed by atoms with E-state index in [9.17, 15) is 30.0 Å². The smallest absolute Gasteiger partial charge is 0.408 e. The van der Waals surface area contributed by atoms with Crippen LogP contribution in [0.3, 0.4) is 0 Å². The maximum atomic E-state index is 11.9. The number of methoxy groups -OCH3 is 1. The molecule has 1 fully saturated rings. The van der Waals surface area contributed by atoms with Crippen molar-refractivity contribution in [2.24, 2.45) is 0 Å². The second-order valence-corrected chi connectivity index (χ2v) is 6.83. The zero-order valence-corrected chi connectivity index (χ0v) is 14.7. The number of esters is 1. The molecule has 1 aliphatic heterocycles. The van der Waals surface area contributed by atoms with E-state index in [2.05, 4.69) is 10.1 Å². The Labute approximate surface area is 145 Å². The van der Waals surface area contributed by atoms with E-state index in [1.165, 1.54) is 0 Å². The Bertz CT molecular complexity index is 462. The van der Waals surface area contributed by atoms with Gasteiger partial charge in [-0.2, -0.15) is 0 Å². The number of nitrogens with one attached hydrogen (secondary N) is 1. The summed E-state index contributed by atoms with van der Waals surface area (Å²) in [5, 5.41) is 41.1. The van der Waals surface area contributed by atoms with Gasteiger partial charge in [-0.15, -0.1) is 0 Å². The fraction of sp³-hybridized carbons (Fsp3) is 0.867. The van der Waals surface area contributed by atoms with Crippen LogP contribution in [0.25, 0.3) is 0 Å². The normalized spacial score (nSPS) is 31.1. The third kappa shape index (κ3) is 6.08. The van der Waals surface area contributed by atoms with E-state index in [0.717, 1.165) is 7.11 Å².